The average molecular weight is 362 g/mol. The number of nitrogens with one attached hydrogen (secondary N) is 3. The minimum atomic E-state index is -0.786. The maximum absolute atomic E-state index is 12.9. The number of amides is 1. The third-order valence-corrected chi connectivity index (χ3v) is 3.99. The number of nitrogens with zero attached hydrogens (tertiary/aromatic N) is 1. The maximum Gasteiger partial charge on any atom is 0.293 e. The number of carbonyl (C=O) groups is 1. The molecule has 1 aromatic carbocycles. The minimum absolute atomic E-state index is 0.233. The number of halogens is 1. The van der Waals surface area contributed by atoms with Gasteiger partial charge < -0.3 is 25.5 Å². The second-order valence-electron chi connectivity index (χ2n) is 5.86. The van der Waals surface area contributed by atoms with Crippen molar-refractivity contribution in [2.24, 2.45) is 0 Å². The van der Waals surface area contributed by atoms with Crippen LogP contribution in [0.5, 0.6) is 5.75 Å². The number of aromatic nitrogens is 2. The van der Waals surface area contributed by atoms with Crippen LogP contribution in [0, 0.1) is 5.82 Å². The number of hydrogen-bond donors (Lipinski definition) is 4. The quantitative estimate of drug-likeness (QED) is 0.606. The van der Waals surface area contributed by atoms with Crippen LogP contribution < -0.4 is 16.2 Å². The van der Waals surface area contributed by atoms with E-state index < -0.39 is 17.2 Å². The molecule has 2 heterocycles. The molecule has 3 rings (SSSR count). The average Bonchev–Trinajstić information content (AvgIpc) is 2.66. The van der Waals surface area contributed by atoms with Crippen LogP contribution in [0.25, 0.3) is 0 Å². The van der Waals surface area contributed by atoms with Crippen LogP contribution in [0.4, 0.5) is 4.39 Å². The molecule has 1 aromatic heterocycles. The SMILES string of the molecule is O=C(NCCc1ccc(F)cc1)c1nc(C2COCCN2)[nH]c(=O)c1O. The number of morpholine rings is 1. The largest absolute Gasteiger partial charge is 0.501 e. The first-order valence-electron chi connectivity index (χ1n) is 8.21. The lowest BCUT2D eigenvalue weighted by atomic mass is 10.1. The first kappa shape index (κ1) is 18.0. The first-order chi connectivity index (χ1) is 12.5. The van der Waals surface area contributed by atoms with Crippen LogP contribution >= 0.6 is 0 Å². The van der Waals surface area contributed by atoms with Crippen molar-refractivity contribution in [2.75, 3.05) is 26.3 Å². The molecule has 1 fully saturated rings. The monoisotopic (exact) mass is 362 g/mol. The minimum Gasteiger partial charge on any atom is -0.501 e. The van der Waals surface area contributed by atoms with E-state index in [1.54, 1.807) is 12.1 Å². The Morgan fingerprint density at radius 2 is 2.15 bits per heavy atom. The summed E-state index contributed by atoms with van der Waals surface area (Å²) in [5.41, 5.74) is -0.277. The Morgan fingerprint density at radius 1 is 1.38 bits per heavy atom. The summed E-state index contributed by atoms with van der Waals surface area (Å²) < 4.78 is 18.2. The molecule has 2 aromatic rings. The second kappa shape index (κ2) is 8.07. The molecule has 1 atom stereocenters. The number of carbonyl (C=O) groups excluding carboxylic acids is 1. The second-order valence-corrected chi connectivity index (χ2v) is 5.86. The van der Waals surface area contributed by atoms with Crippen LogP contribution in [0.15, 0.2) is 29.1 Å². The molecule has 0 radical (unpaired) electrons. The number of rotatable bonds is 5. The van der Waals surface area contributed by atoms with Gasteiger partial charge in [-0.15, -0.1) is 0 Å². The Labute approximate surface area is 148 Å². The summed E-state index contributed by atoms with van der Waals surface area (Å²) in [6.45, 7) is 1.70. The molecule has 1 unspecified atom stereocenters. The third-order valence-electron chi connectivity index (χ3n) is 3.99. The van der Waals surface area contributed by atoms with Gasteiger partial charge in [0, 0.05) is 13.1 Å². The van der Waals surface area contributed by atoms with E-state index >= 15 is 0 Å². The normalized spacial score (nSPS) is 17.0. The van der Waals surface area contributed by atoms with Crippen LogP contribution in [-0.2, 0) is 11.2 Å². The van der Waals surface area contributed by atoms with Crippen LogP contribution in [-0.4, -0.2) is 47.3 Å². The lowest BCUT2D eigenvalue weighted by Crippen LogP contribution is -2.37. The smallest absolute Gasteiger partial charge is 0.293 e. The lowest BCUT2D eigenvalue weighted by molar-refractivity contribution is 0.0737. The molecule has 26 heavy (non-hydrogen) atoms. The number of aromatic hydroxyl groups is 1. The molecule has 1 amide bonds. The van der Waals surface area contributed by atoms with Gasteiger partial charge in [-0.3, -0.25) is 9.59 Å². The van der Waals surface area contributed by atoms with Gasteiger partial charge in [-0.05, 0) is 24.1 Å². The Bertz CT molecular complexity index is 832. The molecule has 8 nitrogen and oxygen atoms in total. The molecule has 9 heteroatoms. The summed E-state index contributed by atoms with van der Waals surface area (Å²) in [5.74, 6) is -1.49. The highest BCUT2D eigenvalue weighted by Gasteiger charge is 2.23. The fourth-order valence-corrected chi connectivity index (χ4v) is 2.60. The fraction of sp³-hybridized carbons (Fsp3) is 0.353. The molecule has 1 aliphatic heterocycles. The fourth-order valence-electron chi connectivity index (χ4n) is 2.60. The van der Waals surface area contributed by atoms with Crippen molar-refractivity contribution < 1.29 is 19.0 Å². The van der Waals surface area contributed by atoms with E-state index in [1.165, 1.54) is 12.1 Å². The highest BCUT2D eigenvalue weighted by molar-refractivity contribution is 5.94. The van der Waals surface area contributed by atoms with E-state index in [0.29, 0.717) is 26.2 Å². The van der Waals surface area contributed by atoms with Crippen LogP contribution in [0.1, 0.15) is 27.9 Å². The summed E-state index contributed by atoms with van der Waals surface area (Å²) in [6, 6.07) is 5.57. The molecule has 0 bridgehead atoms. The van der Waals surface area contributed by atoms with E-state index in [2.05, 4.69) is 20.6 Å². The summed E-state index contributed by atoms with van der Waals surface area (Å²) in [7, 11) is 0. The molecule has 0 aliphatic carbocycles. The standard InChI is InChI=1S/C17H19FN4O4/c18-11-3-1-10(2-4-11)5-6-20-16(24)13-14(23)17(25)22-15(21-13)12-9-26-8-7-19-12/h1-4,12,19,23H,5-9H2,(H,20,24)(H,21,22,25). The summed E-state index contributed by atoms with van der Waals surface area (Å²) in [6.07, 6.45) is 0.473. The number of benzene rings is 1. The van der Waals surface area contributed by atoms with Crippen LogP contribution in [0.3, 0.4) is 0 Å². The molecule has 1 aliphatic rings. The topological polar surface area (TPSA) is 116 Å². The zero-order valence-electron chi connectivity index (χ0n) is 13.9. The highest BCUT2D eigenvalue weighted by atomic mass is 19.1. The van der Waals surface area contributed by atoms with Gasteiger partial charge >= 0.3 is 0 Å². The van der Waals surface area contributed by atoms with Crippen molar-refractivity contribution in [2.45, 2.75) is 12.5 Å². The Morgan fingerprint density at radius 3 is 2.85 bits per heavy atom. The van der Waals surface area contributed by atoms with Gasteiger partial charge in [-0.1, -0.05) is 12.1 Å². The molecule has 0 saturated carbocycles. The Balaban J connectivity index is 1.68. The van der Waals surface area contributed by atoms with Crippen molar-refractivity contribution in [3.05, 3.63) is 57.5 Å². The van der Waals surface area contributed by atoms with Gasteiger partial charge in [0.1, 0.15) is 11.6 Å². The predicted octanol–water partition coefficient (Wildman–Crippen LogP) is 0.248. The van der Waals surface area contributed by atoms with Gasteiger partial charge in [-0.2, -0.15) is 0 Å². The van der Waals surface area contributed by atoms with Crippen molar-refractivity contribution in [3.8, 4) is 5.75 Å². The lowest BCUT2D eigenvalue weighted by Gasteiger charge is -2.23. The van der Waals surface area contributed by atoms with Gasteiger partial charge in [0.15, 0.2) is 5.69 Å². The predicted molar refractivity (Wildman–Crippen MR) is 90.5 cm³/mol. The number of hydrogen-bond acceptors (Lipinski definition) is 6. The van der Waals surface area contributed by atoms with Crippen LogP contribution in [0.2, 0.25) is 0 Å². The van der Waals surface area contributed by atoms with Crippen molar-refractivity contribution >= 4 is 5.91 Å². The van der Waals surface area contributed by atoms with Crippen molar-refractivity contribution in [1.82, 2.24) is 20.6 Å². The molecule has 138 valence electrons. The van der Waals surface area contributed by atoms with E-state index in [0.717, 1.165) is 5.56 Å². The summed E-state index contributed by atoms with van der Waals surface area (Å²) >= 11 is 0. The molecule has 0 spiro atoms. The van der Waals surface area contributed by atoms with Gasteiger partial charge in [0.25, 0.3) is 11.5 Å². The van der Waals surface area contributed by atoms with Gasteiger partial charge in [-0.25, -0.2) is 9.37 Å². The molecule has 1 saturated heterocycles. The summed E-state index contributed by atoms with van der Waals surface area (Å²) in [5, 5.41) is 15.6. The zero-order valence-corrected chi connectivity index (χ0v) is 13.9. The van der Waals surface area contributed by atoms with E-state index in [4.69, 9.17) is 4.74 Å². The van der Waals surface area contributed by atoms with E-state index in [-0.39, 0.29) is 29.9 Å². The number of aromatic amines is 1. The number of H-pyrrole nitrogens is 1. The van der Waals surface area contributed by atoms with Crippen molar-refractivity contribution in [1.29, 1.82) is 0 Å². The molecular weight excluding hydrogens is 343 g/mol. The maximum atomic E-state index is 12.9. The highest BCUT2D eigenvalue weighted by Crippen LogP contribution is 2.14. The van der Waals surface area contributed by atoms with Crippen molar-refractivity contribution in [3.63, 3.8) is 0 Å². The third kappa shape index (κ3) is 4.24. The Hall–Kier alpha value is -2.78. The first-order valence-corrected chi connectivity index (χ1v) is 8.21. The van der Waals surface area contributed by atoms with E-state index in [1.807, 2.05) is 0 Å². The zero-order chi connectivity index (χ0) is 18.5. The summed E-state index contributed by atoms with van der Waals surface area (Å²) in [4.78, 5) is 30.7. The van der Waals surface area contributed by atoms with Gasteiger partial charge in [0.2, 0.25) is 5.75 Å². The molecule has 4 N–H and O–H groups in total. The van der Waals surface area contributed by atoms with Gasteiger partial charge in [0.05, 0.1) is 19.3 Å². The number of ether oxygens (including phenoxy) is 1. The molecular formula is C17H19FN4O4. The Kier molecular flexibility index (Phi) is 5.59. The van der Waals surface area contributed by atoms with E-state index in [9.17, 15) is 19.1 Å².